The highest BCUT2D eigenvalue weighted by molar-refractivity contribution is 9.10. The Kier molecular flexibility index (Phi) is 7.13. The summed E-state index contributed by atoms with van der Waals surface area (Å²) in [6, 6.07) is 11.5. The second-order valence-electron chi connectivity index (χ2n) is 5.21. The second-order valence-corrected chi connectivity index (χ2v) is 6.51. The van der Waals surface area contributed by atoms with E-state index < -0.39 is 0 Å². The molecule has 0 heterocycles. The first-order valence-electron chi connectivity index (χ1n) is 7.69. The summed E-state index contributed by atoms with van der Waals surface area (Å²) < 4.78 is 25.1. The first-order chi connectivity index (χ1) is 12.4. The van der Waals surface area contributed by atoms with Crippen molar-refractivity contribution in [1.29, 1.82) is 5.26 Å². The number of nitriles is 1. The van der Waals surface area contributed by atoms with Crippen LogP contribution >= 0.6 is 28.1 Å². The largest absolute Gasteiger partial charge is 0.490 e. The summed E-state index contributed by atoms with van der Waals surface area (Å²) in [6.07, 6.45) is 1.58. The van der Waals surface area contributed by atoms with Crippen LogP contribution in [0.1, 0.15) is 18.1 Å². The third-order valence-corrected chi connectivity index (χ3v) is 4.13. The molecule has 2 N–H and O–H groups in total. The summed E-state index contributed by atoms with van der Waals surface area (Å²) in [7, 11) is 0. The molecule has 0 aliphatic heterocycles. The van der Waals surface area contributed by atoms with Gasteiger partial charge in [-0.2, -0.15) is 5.26 Å². The van der Waals surface area contributed by atoms with Gasteiger partial charge in [0.1, 0.15) is 23.5 Å². The standard InChI is InChI=1S/C19H16BrFN2O2S/c1-2-24-17-9-13(7-14(10-22)19(23)26)8-16(20)18(17)25-11-12-3-5-15(21)6-4-12/h3-9H,2,11H2,1H3,(H2,23,26)/b14-7-. The maximum absolute atomic E-state index is 13.0. The van der Waals surface area contributed by atoms with E-state index in [-0.39, 0.29) is 23.0 Å². The van der Waals surface area contributed by atoms with Crippen LogP contribution in [0.15, 0.2) is 46.4 Å². The minimum Gasteiger partial charge on any atom is -0.490 e. The Morgan fingerprint density at radius 1 is 1.31 bits per heavy atom. The van der Waals surface area contributed by atoms with Gasteiger partial charge in [-0.25, -0.2) is 4.39 Å². The number of thiocarbonyl (C=S) groups is 1. The smallest absolute Gasteiger partial charge is 0.175 e. The average molecular weight is 435 g/mol. The Balaban J connectivity index is 2.32. The lowest BCUT2D eigenvalue weighted by Gasteiger charge is -2.15. The van der Waals surface area contributed by atoms with E-state index in [4.69, 9.17) is 32.7 Å². The highest BCUT2D eigenvalue weighted by Gasteiger charge is 2.13. The first-order valence-corrected chi connectivity index (χ1v) is 8.90. The summed E-state index contributed by atoms with van der Waals surface area (Å²) in [4.78, 5) is 0.0261. The maximum Gasteiger partial charge on any atom is 0.175 e. The lowest BCUT2D eigenvalue weighted by Crippen LogP contribution is -2.09. The van der Waals surface area contributed by atoms with Gasteiger partial charge in [-0.3, -0.25) is 0 Å². The van der Waals surface area contributed by atoms with Crippen molar-refractivity contribution < 1.29 is 13.9 Å². The quantitative estimate of drug-likeness (QED) is 0.386. The average Bonchev–Trinajstić information content (AvgIpc) is 2.60. The molecule has 2 aromatic carbocycles. The number of rotatable bonds is 7. The van der Waals surface area contributed by atoms with Crippen molar-refractivity contribution in [3.05, 3.63) is 63.4 Å². The monoisotopic (exact) mass is 434 g/mol. The molecule has 2 aromatic rings. The van der Waals surface area contributed by atoms with E-state index in [2.05, 4.69) is 15.9 Å². The third kappa shape index (κ3) is 5.28. The number of ether oxygens (including phenoxy) is 2. The van der Waals surface area contributed by atoms with Gasteiger partial charge < -0.3 is 15.2 Å². The molecule has 26 heavy (non-hydrogen) atoms. The van der Waals surface area contributed by atoms with Crippen LogP contribution < -0.4 is 15.2 Å². The van der Waals surface area contributed by atoms with Crippen molar-refractivity contribution in [2.75, 3.05) is 6.61 Å². The molecule has 0 aromatic heterocycles. The molecule has 0 aliphatic rings. The molecule has 2 rings (SSSR count). The molecule has 0 radical (unpaired) electrons. The van der Waals surface area contributed by atoms with Crippen LogP contribution in [-0.4, -0.2) is 11.6 Å². The molecule has 7 heteroatoms. The van der Waals surface area contributed by atoms with Crippen molar-refractivity contribution in [1.82, 2.24) is 0 Å². The van der Waals surface area contributed by atoms with Gasteiger partial charge in [0, 0.05) is 0 Å². The van der Waals surface area contributed by atoms with Crippen molar-refractivity contribution in [2.24, 2.45) is 5.73 Å². The van der Waals surface area contributed by atoms with Gasteiger partial charge >= 0.3 is 0 Å². The zero-order valence-electron chi connectivity index (χ0n) is 14.0. The summed E-state index contributed by atoms with van der Waals surface area (Å²) >= 11 is 8.32. The van der Waals surface area contributed by atoms with Crippen LogP contribution in [0.25, 0.3) is 6.08 Å². The predicted molar refractivity (Wildman–Crippen MR) is 106 cm³/mol. The minimum atomic E-state index is -0.299. The highest BCUT2D eigenvalue weighted by Crippen LogP contribution is 2.38. The normalized spacial score (nSPS) is 10.9. The van der Waals surface area contributed by atoms with Crippen molar-refractivity contribution in [2.45, 2.75) is 13.5 Å². The van der Waals surface area contributed by atoms with Crippen molar-refractivity contribution in [3.8, 4) is 17.6 Å². The zero-order chi connectivity index (χ0) is 19.1. The minimum absolute atomic E-state index is 0.0261. The van der Waals surface area contributed by atoms with Crippen LogP contribution in [0.2, 0.25) is 0 Å². The van der Waals surface area contributed by atoms with Gasteiger partial charge in [-0.1, -0.05) is 24.4 Å². The Morgan fingerprint density at radius 2 is 2.00 bits per heavy atom. The van der Waals surface area contributed by atoms with Crippen molar-refractivity contribution in [3.63, 3.8) is 0 Å². The maximum atomic E-state index is 13.0. The number of hydrogen-bond acceptors (Lipinski definition) is 4. The molecule has 0 saturated carbocycles. The summed E-state index contributed by atoms with van der Waals surface area (Å²) in [5.74, 6) is 0.727. The molecule has 134 valence electrons. The van der Waals surface area contributed by atoms with Crippen LogP contribution in [0.4, 0.5) is 4.39 Å². The molecule has 0 atom stereocenters. The predicted octanol–water partition coefficient (Wildman–Crippen LogP) is 4.76. The van der Waals surface area contributed by atoms with Gasteiger partial charge in [-0.05, 0) is 64.3 Å². The Bertz CT molecular complexity index is 876. The first kappa shape index (κ1) is 19.9. The second kappa shape index (κ2) is 9.32. The van der Waals surface area contributed by atoms with Crippen LogP contribution in [0.5, 0.6) is 11.5 Å². The fourth-order valence-electron chi connectivity index (χ4n) is 2.14. The van der Waals surface area contributed by atoms with E-state index in [1.165, 1.54) is 12.1 Å². The van der Waals surface area contributed by atoms with Gasteiger partial charge in [0.25, 0.3) is 0 Å². The lowest BCUT2D eigenvalue weighted by molar-refractivity contribution is 0.267. The Morgan fingerprint density at radius 3 is 2.58 bits per heavy atom. The molecule has 0 fully saturated rings. The van der Waals surface area contributed by atoms with E-state index >= 15 is 0 Å². The summed E-state index contributed by atoms with van der Waals surface area (Å²) in [6.45, 7) is 2.55. The molecule has 0 amide bonds. The molecule has 0 spiro atoms. The van der Waals surface area contributed by atoms with E-state index in [0.29, 0.717) is 28.1 Å². The van der Waals surface area contributed by atoms with Crippen LogP contribution in [0.3, 0.4) is 0 Å². The Labute approximate surface area is 165 Å². The fraction of sp³-hybridized carbons (Fsp3) is 0.158. The number of nitrogens with two attached hydrogens (primary N) is 1. The van der Waals surface area contributed by atoms with Gasteiger partial charge in [-0.15, -0.1) is 0 Å². The SMILES string of the molecule is CCOc1cc(/C=C(/C#N)C(N)=S)cc(Br)c1OCc1ccc(F)cc1. The molecular weight excluding hydrogens is 419 g/mol. The molecule has 0 unspecified atom stereocenters. The number of hydrogen-bond donors (Lipinski definition) is 1. The molecule has 0 saturated heterocycles. The topological polar surface area (TPSA) is 68.3 Å². The zero-order valence-corrected chi connectivity index (χ0v) is 16.4. The lowest BCUT2D eigenvalue weighted by atomic mass is 10.1. The van der Waals surface area contributed by atoms with E-state index in [1.54, 1.807) is 30.3 Å². The summed E-state index contributed by atoms with van der Waals surface area (Å²) in [5.41, 5.74) is 7.25. The number of nitrogens with zero attached hydrogens (tertiary/aromatic N) is 1. The van der Waals surface area contributed by atoms with E-state index in [9.17, 15) is 4.39 Å². The Hall–Kier alpha value is -2.43. The van der Waals surface area contributed by atoms with Gasteiger partial charge in [0.15, 0.2) is 11.5 Å². The van der Waals surface area contributed by atoms with Gasteiger partial charge in [0.05, 0.1) is 16.7 Å². The van der Waals surface area contributed by atoms with Crippen molar-refractivity contribution >= 4 is 39.2 Å². The molecule has 0 aliphatic carbocycles. The number of benzene rings is 2. The third-order valence-electron chi connectivity index (χ3n) is 3.33. The van der Waals surface area contributed by atoms with E-state index in [1.807, 2.05) is 13.0 Å². The fourth-order valence-corrected chi connectivity index (χ4v) is 2.81. The summed E-state index contributed by atoms with van der Waals surface area (Å²) in [5, 5.41) is 9.10. The molecule has 4 nitrogen and oxygen atoms in total. The van der Waals surface area contributed by atoms with E-state index in [0.717, 1.165) is 5.56 Å². The van der Waals surface area contributed by atoms with Crippen LogP contribution in [0, 0.1) is 17.1 Å². The number of halogens is 2. The molecule has 0 bridgehead atoms. The molecular formula is C19H16BrFN2O2S. The van der Waals surface area contributed by atoms with Gasteiger partial charge in [0.2, 0.25) is 0 Å². The highest BCUT2D eigenvalue weighted by atomic mass is 79.9. The van der Waals surface area contributed by atoms with Crippen LogP contribution in [-0.2, 0) is 6.61 Å².